The number of aldehydes is 1. The minimum Gasteiger partial charge on any atom is -0.438 e. The van der Waals surface area contributed by atoms with E-state index in [-0.39, 0.29) is 0 Å². The standard InChI is InChI=1S/C13H18N2O2/c16-10-12-4-5-13(17-12)15-8-7-14-6-2-1-3-11(14)9-15/h4-5,10-11H,1-3,6-9H2. The smallest absolute Gasteiger partial charge is 0.196 e. The van der Waals surface area contributed by atoms with Gasteiger partial charge >= 0.3 is 0 Å². The van der Waals surface area contributed by atoms with Crippen molar-refractivity contribution in [3.63, 3.8) is 0 Å². The zero-order valence-corrected chi connectivity index (χ0v) is 9.97. The lowest BCUT2D eigenvalue weighted by atomic mass is 10.00. The molecule has 1 aromatic rings. The van der Waals surface area contributed by atoms with Gasteiger partial charge in [0, 0.05) is 31.7 Å². The van der Waals surface area contributed by atoms with E-state index in [1.807, 2.05) is 6.07 Å². The fourth-order valence-electron chi connectivity index (χ4n) is 2.93. The number of furan rings is 1. The molecule has 2 aliphatic rings. The van der Waals surface area contributed by atoms with E-state index in [2.05, 4.69) is 9.80 Å². The summed E-state index contributed by atoms with van der Waals surface area (Å²) >= 11 is 0. The van der Waals surface area contributed by atoms with Crippen molar-refractivity contribution >= 4 is 12.2 Å². The quantitative estimate of drug-likeness (QED) is 0.731. The van der Waals surface area contributed by atoms with Gasteiger partial charge in [-0.3, -0.25) is 9.69 Å². The molecule has 0 saturated carbocycles. The maximum absolute atomic E-state index is 10.6. The first-order chi connectivity index (χ1) is 8.36. The summed E-state index contributed by atoms with van der Waals surface area (Å²) in [5, 5.41) is 0. The molecule has 1 unspecified atom stereocenters. The summed E-state index contributed by atoms with van der Waals surface area (Å²) in [6.07, 6.45) is 4.73. The number of carbonyl (C=O) groups excluding carboxylic acids is 1. The van der Waals surface area contributed by atoms with Crippen LogP contribution >= 0.6 is 0 Å². The molecule has 0 spiro atoms. The third-order valence-electron chi connectivity index (χ3n) is 3.88. The maximum Gasteiger partial charge on any atom is 0.196 e. The Morgan fingerprint density at radius 1 is 1.24 bits per heavy atom. The molecule has 0 N–H and O–H groups in total. The molecule has 0 amide bonds. The highest BCUT2D eigenvalue weighted by Gasteiger charge is 2.29. The first-order valence-electron chi connectivity index (χ1n) is 6.41. The van der Waals surface area contributed by atoms with Crippen LogP contribution in [0.2, 0.25) is 0 Å². The number of hydrogen-bond donors (Lipinski definition) is 0. The van der Waals surface area contributed by atoms with E-state index in [0.29, 0.717) is 11.8 Å². The monoisotopic (exact) mass is 234 g/mol. The van der Waals surface area contributed by atoms with Crippen LogP contribution in [0, 0.1) is 0 Å². The van der Waals surface area contributed by atoms with Crippen molar-refractivity contribution in [2.24, 2.45) is 0 Å². The fourth-order valence-corrected chi connectivity index (χ4v) is 2.93. The Bertz CT molecular complexity index is 402. The van der Waals surface area contributed by atoms with Crippen LogP contribution in [0.4, 0.5) is 5.88 Å². The van der Waals surface area contributed by atoms with Crippen molar-refractivity contribution < 1.29 is 9.21 Å². The molecular formula is C13H18N2O2. The van der Waals surface area contributed by atoms with E-state index >= 15 is 0 Å². The lowest BCUT2D eigenvalue weighted by Crippen LogP contribution is -2.54. The van der Waals surface area contributed by atoms with E-state index in [9.17, 15) is 4.79 Å². The minimum absolute atomic E-state index is 0.422. The van der Waals surface area contributed by atoms with Gasteiger partial charge in [0.25, 0.3) is 0 Å². The molecule has 0 radical (unpaired) electrons. The molecule has 0 bridgehead atoms. The molecule has 92 valence electrons. The summed E-state index contributed by atoms with van der Waals surface area (Å²) in [5.41, 5.74) is 0. The molecule has 1 aromatic heterocycles. The zero-order valence-electron chi connectivity index (χ0n) is 9.97. The molecule has 1 atom stereocenters. The summed E-state index contributed by atoms with van der Waals surface area (Å²) in [5.74, 6) is 1.27. The molecule has 3 heterocycles. The molecule has 2 aliphatic heterocycles. The molecule has 4 heteroatoms. The lowest BCUT2D eigenvalue weighted by Gasteiger charge is -2.43. The van der Waals surface area contributed by atoms with Gasteiger partial charge in [-0.1, -0.05) is 6.42 Å². The Balaban J connectivity index is 1.70. The third kappa shape index (κ3) is 2.09. The summed E-state index contributed by atoms with van der Waals surface area (Å²) in [7, 11) is 0. The second-order valence-corrected chi connectivity index (χ2v) is 4.93. The Morgan fingerprint density at radius 3 is 3.00 bits per heavy atom. The predicted octanol–water partition coefficient (Wildman–Crippen LogP) is 1.77. The van der Waals surface area contributed by atoms with Gasteiger partial charge in [-0.15, -0.1) is 0 Å². The van der Waals surface area contributed by atoms with Crippen LogP contribution < -0.4 is 4.90 Å². The molecule has 2 fully saturated rings. The Kier molecular flexibility index (Phi) is 2.89. The molecule has 2 saturated heterocycles. The van der Waals surface area contributed by atoms with Crippen molar-refractivity contribution in [1.82, 2.24) is 4.90 Å². The van der Waals surface area contributed by atoms with E-state index in [4.69, 9.17) is 4.42 Å². The molecule has 3 rings (SSSR count). The van der Waals surface area contributed by atoms with E-state index in [1.165, 1.54) is 25.8 Å². The topological polar surface area (TPSA) is 36.7 Å². The number of anilines is 1. The highest BCUT2D eigenvalue weighted by molar-refractivity contribution is 5.71. The van der Waals surface area contributed by atoms with Crippen molar-refractivity contribution in [2.45, 2.75) is 25.3 Å². The van der Waals surface area contributed by atoms with Crippen molar-refractivity contribution in [3.05, 3.63) is 17.9 Å². The van der Waals surface area contributed by atoms with Gasteiger partial charge in [-0.25, -0.2) is 0 Å². The number of piperidine rings is 1. The Morgan fingerprint density at radius 2 is 2.18 bits per heavy atom. The molecular weight excluding hydrogens is 216 g/mol. The van der Waals surface area contributed by atoms with Crippen LogP contribution in [0.25, 0.3) is 0 Å². The van der Waals surface area contributed by atoms with E-state index in [0.717, 1.165) is 31.8 Å². The number of carbonyl (C=O) groups is 1. The average Bonchev–Trinajstić information content (AvgIpc) is 2.87. The summed E-state index contributed by atoms with van der Waals surface area (Å²) in [4.78, 5) is 15.5. The Labute approximate surface area is 101 Å². The maximum atomic E-state index is 10.6. The zero-order chi connectivity index (χ0) is 11.7. The fraction of sp³-hybridized carbons (Fsp3) is 0.615. The minimum atomic E-state index is 0.422. The SMILES string of the molecule is O=Cc1ccc(N2CCN3CCCCC3C2)o1. The van der Waals surface area contributed by atoms with Gasteiger partial charge in [-0.05, 0) is 25.5 Å². The van der Waals surface area contributed by atoms with Crippen LogP contribution in [-0.4, -0.2) is 43.4 Å². The first-order valence-corrected chi connectivity index (χ1v) is 6.41. The van der Waals surface area contributed by atoms with Crippen LogP contribution in [0.1, 0.15) is 29.8 Å². The summed E-state index contributed by atoms with van der Waals surface area (Å²) in [6.45, 7) is 4.39. The van der Waals surface area contributed by atoms with Crippen LogP contribution in [0.15, 0.2) is 16.5 Å². The number of hydrogen-bond acceptors (Lipinski definition) is 4. The molecule has 4 nitrogen and oxygen atoms in total. The number of nitrogens with zero attached hydrogens (tertiary/aromatic N) is 2. The van der Waals surface area contributed by atoms with Gasteiger partial charge < -0.3 is 9.32 Å². The van der Waals surface area contributed by atoms with Crippen molar-refractivity contribution in [2.75, 3.05) is 31.1 Å². The van der Waals surface area contributed by atoms with Gasteiger partial charge in [0.2, 0.25) is 0 Å². The predicted molar refractivity (Wildman–Crippen MR) is 65.5 cm³/mol. The summed E-state index contributed by atoms with van der Waals surface area (Å²) in [6, 6.07) is 4.32. The van der Waals surface area contributed by atoms with Gasteiger partial charge in [0.15, 0.2) is 17.9 Å². The average molecular weight is 234 g/mol. The van der Waals surface area contributed by atoms with Crippen LogP contribution in [0.5, 0.6) is 0 Å². The van der Waals surface area contributed by atoms with Gasteiger partial charge in [0.1, 0.15) is 0 Å². The van der Waals surface area contributed by atoms with Crippen molar-refractivity contribution in [1.29, 1.82) is 0 Å². The molecule has 0 aliphatic carbocycles. The van der Waals surface area contributed by atoms with Gasteiger partial charge in [-0.2, -0.15) is 0 Å². The Hall–Kier alpha value is -1.29. The second kappa shape index (κ2) is 4.53. The number of rotatable bonds is 2. The lowest BCUT2D eigenvalue weighted by molar-refractivity contribution is 0.109. The van der Waals surface area contributed by atoms with Crippen molar-refractivity contribution in [3.8, 4) is 0 Å². The highest BCUT2D eigenvalue weighted by Crippen LogP contribution is 2.25. The molecule has 0 aromatic carbocycles. The highest BCUT2D eigenvalue weighted by atomic mass is 16.4. The van der Waals surface area contributed by atoms with Gasteiger partial charge in [0.05, 0.1) is 0 Å². The number of fused-ring (bicyclic) bond motifs is 1. The molecule has 17 heavy (non-hydrogen) atoms. The third-order valence-corrected chi connectivity index (χ3v) is 3.88. The number of piperazine rings is 1. The first kappa shape index (κ1) is 10.8. The van der Waals surface area contributed by atoms with Crippen LogP contribution in [-0.2, 0) is 0 Å². The largest absolute Gasteiger partial charge is 0.438 e. The summed E-state index contributed by atoms with van der Waals surface area (Å²) < 4.78 is 5.49. The second-order valence-electron chi connectivity index (χ2n) is 4.93. The van der Waals surface area contributed by atoms with E-state index < -0.39 is 0 Å². The van der Waals surface area contributed by atoms with Crippen LogP contribution in [0.3, 0.4) is 0 Å². The van der Waals surface area contributed by atoms with E-state index in [1.54, 1.807) is 6.07 Å². The normalized spacial score (nSPS) is 25.6.